The summed E-state index contributed by atoms with van der Waals surface area (Å²) in [5.41, 5.74) is 2.31. The zero-order valence-electron chi connectivity index (χ0n) is 23.0. The predicted octanol–water partition coefficient (Wildman–Crippen LogP) is 6.25. The number of hydrogen-bond acceptors (Lipinski definition) is 6. The summed E-state index contributed by atoms with van der Waals surface area (Å²) in [5.74, 6) is -2.27. The number of ether oxygens (including phenoxy) is 1. The fourth-order valence-electron chi connectivity index (χ4n) is 6.99. The van der Waals surface area contributed by atoms with Crippen LogP contribution in [0.15, 0.2) is 103 Å². The number of halogens is 1. The predicted molar refractivity (Wildman–Crippen MR) is 162 cm³/mol. The van der Waals surface area contributed by atoms with Gasteiger partial charge in [-0.2, -0.15) is 0 Å². The van der Waals surface area contributed by atoms with Crippen LogP contribution in [0.3, 0.4) is 0 Å². The van der Waals surface area contributed by atoms with Crippen molar-refractivity contribution < 1.29 is 23.9 Å². The van der Waals surface area contributed by atoms with Gasteiger partial charge in [-0.25, -0.2) is 0 Å². The van der Waals surface area contributed by atoms with Crippen LogP contribution in [-0.4, -0.2) is 34.4 Å². The maximum absolute atomic E-state index is 14.8. The standard InChI is InChI=1S/C35H25ClN2O5/c1-20(39)43-25-16-12-23(13-17-25)32(41)30-29(31(40)22-10-14-24(36)15-11-22)35(27-8-4-5-9-28(27)37-34(35)42)33-26-7-3-2-6-21(26)18-19-38(30)33/h2-19,29-30,33H,1H3,(H,37,42)/t29-,30-,33-,35+/m1/s1. The van der Waals surface area contributed by atoms with E-state index >= 15 is 0 Å². The van der Waals surface area contributed by atoms with Crippen molar-refractivity contribution >= 4 is 46.8 Å². The van der Waals surface area contributed by atoms with Crippen LogP contribution in [0, 0.1) is 5.92 Å². The van der Waals surface area contributed by atoms with E-state index in [4.69, 9.17) is 16.3 Å². The molecule has 0 aliphatic carbocycles. The van der Waals surface area contributed by atoms with Crippen LogP contribution in [-0.2, 0) is 15.0 Å². The minimum atomic E-state index is -1.42. The number of anilines is 1. The number of Topliss-reactive ketones (excluding diaryl/α,β-unsaturated/α-hetero) is 2. The monoisotopic (exact) mass is 588 g/mol. The van der Waals surface area contributed by atoms with Crippen LogP contribution in [0.2, 0.25) is 5.02 Å². The third-order valence-electron chi connectivity index (χ3n) is 8.65. The highest BCUT2D eigenvalue weighted by atomic mass is 35.5. The maximum Gasteiger partial charge on any atom is 0.308 e. The normalized spacial score (nSPS) is 22.9. The van der Waals surface area contributed by atoms with Crippen molar-refractivity contribution in [2.24, 2.45) is 5.92 Å². The Morgan fingerprint density at radius 2 is 1.49 bits per heavy atom. The third kappa shape index (κ3) is 4.03. The maximum atomic E-state index is 14.8. The minimum Gasteiger partial charge on any atom is -0.427 e. The molecule has 0 bridgehead atoms. The van der Waals surface area contributed by atoms with E-state index in [1.54, 1.807) is 48.5 Å². The topological polar surface area (TPSA) is 92.8 Å². The molecule has 7 nitrogen and oxygen atoms in total. The lowest BCUT2D eigenvalue weighted by Crippen LogP contribution is -2.49. The molecule has 3 aliphatic rings. The quantitative estimate of drug-likeness (QED) is 0.168. The molecule has 1 N–H and O–H groups in total. The molecule has 0 radical (unpaired) electrons. The Kier molecular flexibility index (Phi) is 6.29. The van der Waals surface area contributed by atoms with E-state index in [9.17, 15) is 19.2 Å². The molecule has 4 aromatic rings. The number of nitrogens with one attached hydrogen (secondary N) is 1. The van der Waals surface area contributed by atoms with E-state index in [1.165, 1.54) is 6.92 Å². The molecular weight excluding hydrogens is 564 g/mol. The molecule has 4 aromatic carbocycles. The SMILES string of the molecule is CC(=O)Oc1ccc(C(=O)[C@H]2[C@H](C(=O)c3ccc(Cl)cc3)[C@]3(C(=O)Nc4ccccc43)[C@H]3c4ccccc4C=CN23)cc1. The van der Waals surface area contributed by atoms with Gasteiger partial charge < -0.3 is 15.0 Å². The summed E-state index contributed by atoms with van der Waals surface area (Å²) in [5, 5.41) is 3.51. The minimum absolute atomic E-state index is 0.300. The largest absolute Gasteiger partial charge is 0.427 e. The van der Waals surface area contributed by atoms with E-state index < -0.39 is 29.4 Å². The summed E-state index contributed by atoms with van der Waals surface area (Å²) in [7, 11) is 0. The van der Waals surface area contributed by atoms with Crippen molar-refractivity contribution in [1.82, 2.24) is 4.90 Å². The molecule has 0 unspecified atom stereocenters. The number of hydrogen-bond donors (Lipinski definition) is 1. The van der Waals surface area contributed by atoms with Gasteiger partial charge in [0, 0.05) is 35.0 Å². The highest BCUT2D eigenvalue weighted by Crippen LogP contribution is 2.62. The number of rotatable bonds is 5. The first-order valence-electron chi connectivity index (χ1n) is 13.9. The Bertz CT molecular complexity index is 1850. The number of ketones is 2. The number of esters is 1. The molecule has 3 aliphatic heterocycles. The zero-order valence-corrected chi connectivity index (χ0v) is 23.7. The second-order valence-corrected chi connectivity index (χ2v) is 11.4. The average Bonchev–Trinajstić information content (AvgIpc) is 3.49. The Hall–Kier alpha value is -5.01. The van der Waals surface area contributed by atoms with Crippen LogP contribution in [0.5, 0.6) is 5.75 Å². The fraction of sp³-hybridized carbons (Fsp3) is 0.143. The highest BCUT2D eigenvalue weighted by Gasteiger charge is 2.70. The van der Waals surface area contributed by atoms with Crippen molar-refractivity contribution in [3.63, 3.8) is 0 Å². The second kappa shape index (κ2) is 10.1. The summed E-state index contributed by atoms with van der Waals surface area (Å²) in [6.45, 7) is 1.30. The average molecular weight is 589 g/mol. The summed E-state index contributed by atoms with van der Waals surface area (Å²) in [6, 6.07) is 26.2. The van der Waals surface area contributed by atoms with Crippen molar-refractivity contribution in [3.8, 4) is 5.75 Å². The van der Waals surface area contributed by atoms with Crippen LogP contribution in [0.1, 0.15) is 50.4 Å². The van der Waals surface area contributed by atoms with Gasteiger partial charge in [0.05, 0.1) is 12.0 Å². The molecule has 1 amide bonds. The molecular formula is C35H25ClN2O5. The molecule has 7 rings (SSSR count). The van der Waals surface area contributed by atoms with Crippen LogP contribution in [0.4, 0.5) is 5.69 Å². The number of carbonyl (C=O) groups is 4. The third-order valence-corrected chi connectivity index (χ3v) is 8.90. The van der Waals surface area contributed by atoms with E-state index in [1.807, 2.05) is 65.7 Å². The van der Waals surface area contributed by atoms with Crippen molar-refractivity contribution in [3.05, 3.63) is 136 Å². The second-order valence-electron chi connectivity index (χ2n) is 10.9. The number of amides is 1. The van der Waals surface area contributed by atoms with Gasteiger partial charge in [-0.05, 0) is 77.4 Å². The lowest BCUT2D eigenvalue weighted by atomic mass is 9.62. The van der Waals surface area contributed by atoms with Crippen LogP contribution >= 0.6 is 11.6 Å². The first kappa shape index (κ1) is 26.9. The zero-order chi connectivity index (χ0) is 29.9. The molecule has 1 saturated heterocycles. The molecule has 1 fully saturated rings. The Morgan fingerprint density at radius 3 is 2.23 bits per heavy atom. The molecule has 1 spiro atoms. The van der Waals surface area contributed by atoms with E-state index in [2.05, 4.69) is 5.32 Å². The van der Waals surface area contributed by atoms with Crippen molar-refractivity contribution in [1.29, 1.82) is 0 Å². The fourth-order valence-corrected chi connectivity index (χ4v) is 7.11. The highest BCUT2D eigenvalue weighted by molar-refractivity contribution is 6.30. The van der Waals surface area contributed by atoms with Gasteiger partial charge in [-0.1, -0.05) is 54.1 Å². The first-order valence-corrected chi connectivity index (χ1v) is 14.3. The molecule has 3 heterocycles. The lowest BCUT2D eigenvalue weighted by molar-refractivity contribution is -0.131. The molecule has 212 valence electrons. The molecule has 43 heavy (non-hydrogen) atoms. The van der Waals surface area contributed by atoms with E-state index in [-0.39, 0.29) is 17.5 Å². The van der Waals surface area contributed by atoms with Crippen molar-refractivity contribution in [2.75, 3.05) is 5.32 Å². The first-order chi connectivity index (χ1) is 20.8. The Labute approximate surface area is 252 Å². The van der Waals surface area contributed by atoms with E-state index in [0.29, 0.717) is 33.1 Å². The van der Waals surface area contributed by atoms with Gasteiger partial charge in [-0.3, -0.25) is 19.2 Å². The molecule has 8 heteroatoms. The number of benzene rings is 4. The van der Waals surface area contributed by atoms with Crippen molar-refractivity contribution in [2.45, 2.75) is 24.4 Å². The number of fused-ring (bicyclic) bond motifs is 6. The van der Waals surface area contributed by atoms with Crippen LogP contribution in [0.25, 0.3) is 6.08 Å². The Balaban J connectivity index is 1.48. The molecule has 0 saturated carbocycles. The summed E-state index contributed by atoms with van der Waals surface area (Å²) in [6.07, 6.45) is 3.74. The summed E-state index contributed by atoms with van der Waals surface area (Å²) < 4.78 is 5.17. The van der Waals surface area contributed by atoms with Gasteiger partial charge in [0.25, 0.3) is 0 Å². The van der Waals surface area contributed by atoms with E-state index in [0.717, 1.165) is 11.1 Å². The lowest BCUT2D eigenvalue weighted by Gasteiger charge is -2.38. The van der Waals surface area contributed by atoms with Crippen LogP contribution < -0.4 is 10.1 Å². The molecule has 0 aromatic heterocycles. The number of nitrogens with zero attached hydrogens (tertiary/aromatic N) is 1. The smallest absolute Gasteiger partial charge is 0.308 e. The number of carbonyl (C=O) groups excluding carboxylic acids is 4. The van der Waals surface area contributed by atoms with Gasteiger partial charge in [0.2, 0.25) is 5.91 Å². The summed E-state index contributed by atoms with van der Waals surface area (Å²) in [4.78, 5) is 57.2. The van der Waals surface area contributed by atoms with Gasteiger partial charge in [0.1, 0.15) is 17.2 Å². The molecule has 4 atom stereocenters. The Morgan fingerprint density at radius 1 is 0.837 bits per heavy atom. The van der Waals surface area contributed by atoms with Gasteiger partial charge in [-0.15, -0.1) is 0 Å². The van der Waals surface area contributed by atoms with Gasteiger partial charge in [0.15, 0.2) is 11.6 Å². The number of para-hydroxylation sites is 1. The summed E-state index contributed by atoms with van der Waals surface area (Å²) >= 11 is 6.17. The van der Waals surface area contributed by atoms with Gasteiger partial charge >= 0.3 is 5.97 Å².